The van der Waals surface area contributed by atoms with Crippen molar-refractivity contribution in [2.75, 3.05) is 6.61 Å². The van der Waals surface area contributed by atoms with Crippen molar-refractivity contribution in [2.45, 2.75) is 38.4 Å². The number of nitrogens with zero attached hydrogens (tertiary/aromatic N) is 4. The molecule has 0 bridgehead atoms. The first-order valence-corrected chi connectivity index (χ1v) is 8.87. The van der Waals surface area contributed by atoms with Gasteiger partial charge in [0.25, 0.3) is 0 Å². The van der Waals surface area contributed by atoms with Crippen LogP contribution in [0, 0.1) is 17.1 Å². The van der Waals surface area contributed by atoms with Crippen molar-refractivity contribution in [1.82, 2.24) is 14.8 Å². The maximum atomic E-state index is 13.6. The van der Waals surface area contributed by atoms with E-state index in [4.69, 9.17) is 4.74 Å². The van der Waals surface area contributed by atoms with Crippen molar-refractivity contribution in [1.29, 1.82) is 5.26 Å². The first kappa shape index (κ1) is 20.5. The van der Waals surface area contributed by atoms with Crippen LogP contribution in [0.15, 0.2) is 30.0 Å². The van der Waals surface area contributed by atoms with E-state index in [1.54, 1.807) is 0 Å². The predicted molar refractivity (Wildman–Crippen MR) is 92.8 cm³/mol. The summed E-state index contributed by atoms with van der Waals surface area (Å²) in [4.78, 5) is 12.1. The molecule has 10 heteroatoms. The summed E-state index contributed by atoms with van der Waals surface area (Å²) in [5.41, 5.74) is -0.840. The van der Waals surface area contributed by atoms with E-state index < -0.39 is 35.7 Å². The van der Waals surface area contributed by atoms with Gasteiger partial charge in [-0.05, 0) is 37.1 Å². The molecule has 0 saturated carbocycles. The SMILES string of the molecule is N#C/C(=C(\OCC(=O)c1ccc(F)cc1)C(F)(F)F)c1nnc2n1CCCCC2. The van der Waals surface area contributed by atoms with Gasteiger partial charge < -0.3 is 9.30 Å². The molecular weight excluding hydrogens is 392 g/mol. The van der Waals surface area contributed by atoms with Gasteiger partial charge in [-0.25, -0.2) is 4.39 Å². The summed E-state index contributed by atoms with van der Waals surface area (Å²) in [6, 6.07) is 5.81. The summed E-state index contributed by atoms with van der Waals surface area (Å²) in [7, 11) is 0. The van der Waals surface area contributed by atoms with Crippen LogP contribution in [-0.2, 0) is 17.7 Å². The van der Waals surface area contributed by atoms with E-state index in [0.29, 0.717) is 18.8 Å². The fraction of sp³-hybridized carbons (Fsp3) is 0.368. The third-order valence-electron chi connectivity index (χ3n) is 4.44. The molecule has 0 spiro atoms. The first-order valence-electron chi connectivity index (χ1n) is 8.87. The molecule has 1 aliphatic heterocycles. The fourth-order valence-electron chi connectivity index (χ4n) is 3.02. The molecule has 0 amide bonds. The second-order valence-electron chi connectivity index (χ2n) is 6.43. The third-order valence-corrected chi connectivity index (χ3v) is 4.44. The Morgan fingerprint density at radius 3 is 2.55 bits per heavy atom. The number of carbonyl (C=O) groups excluding carboxylic acids is 1. The number of nitriles is 1. The van der Waals surface area contributed by atoms with Crippen LogP contribution in [0.4, 0.5) is 17.6 Å². The van der Waals surface area contributed by atoms with E-state index >= 15 is 0 Å². The molecule has 0 aliphatic carbocycles. The van der Waals surface area contributed by atoms with Crippen molar-refractivity contribution in [3.63, 3.8) is 0 Å². The van der Waals surface area contributed by atoms with Crippen LogP contribution in [0.3, 0.4) is 0 Å². The number of alkyl halides is 3. The number of benzene rings is 1. The van der Waals surface area contributed by atoms with Crippen molar-refractivity contribution >= 4 is 11.4 Å². The Balaban J connectivity index is 1.93. The average molecular weight is 408 g/mol. The van der Waals surface area contributed by atoms with Gasteiger partial charge in [0.1, 0.15) is 23.3 Å². The van der Waals surface area contributed by atoms with Gasteiger partial charge in [-0.3, -0.25) is 4.79 Å². The Bertz CT molecular complexity index is 972. The van der Waals surface area contributed by atoms with Gasteiger partial charge in [0.05, 0.1) is 0 Å². The van der Waals surface area contributed by atoms with Crippen molar-refractivity contribution in [3.05, 3.63) is 53.1 Å². The van der Waals surface area contributed by atoms with Crippen molar-refractivity contribution in [2.24, 2.45) is 0 Å². The summed E-state index contributed by atoms with van der Waals surface area (Å²) < 4.78 is 60.0. The minimum absolute atomic E-state index is 0.0113. The Labute approximate surface area is 163 Å². The Morgan fingerprint density at radius 2 is 1.90 bits per heavy atom. The van der Waals surface area contributed by atoms with E-state index in [-0.39, 0.29) is 11.4 Å². The number of fused-ring (bicyclic) bond motifs is 1. The van der Waals surface area contributed by atoms with Gasteiger partial charge in [-0.15, -0.1) is 10.2 Å². The molecule has 3 rings (SSSR count). The van der Waals surface area contributed by atoms with Gasteiger partial charge >= 0.3 is 6.18 Å². The number of carbonyl (C=O) groups is 1. The normalized spacial score (nSPS) is 15.0. The quantitative estimate of drug-likeness (QED) is 0.325. The minimum atomic E-state index is -5.02. The third kappa shape index (κ3) is 4.62. The Hall–Kier alpha value is -3.22. The molecule has 1 aromatic carbocycles. The molecule has 6 nitrogen and oxygen atoms in total. The number of rotatable bonds is 5. The Kier molecular flexibility index (Phi) is 5.96. The van der Waals surface area contributed by atoms with Gasteiger partial charge in [0.15, 0.2) is 18.2 Å². The summed E-state index contributed by atoms with van der Waals surface area (Å²) in [6.07, 6.45) is -2.02. The van der Waals surface area contributed by atoms with Crippen LogP contribution < -0.4 is 0 Å². The average Bonchev–Trinajstić information content (AvgIpc) is 2.92. The highest BCUT2D eigenvalue weighted by Gasteiger charge is 2.41. The highest BCUT2D eigenvalue weighted by molar-refractivity contribution is 5.97. The van der Waals surface area contributed by atoms with Gasteiger partial charge in [-0.2, -0.15) is 18.4 Å². The molecule has 0 atom stereocenters. The van der Waals surface area contributed by atoms with Crippen LogP contribution in [0.2, 0.25) is 0 Å². The maximum Gasteiger partial charge on any atom is 0.450 e. The van der Waals surface area contributed by atoms with Gasteiger partial charge in [-0.1, -0.05) is 6.42 Å². The number of hydrogen-bond acceptors (Lipinski definition) is 5. The molecule has 2 aromatic rings. The molecule has 152 valence electrons. The second kappa shape index (κ2) is 8.43. The number of allylic oxidation sites excluding steroid dienone is 2. The summed E-state index contributed by atoms with van der Waals surface area (Å²) in [5, 5.41) is 17.1. The van der Waals surface area contributed by atoms with Crippen LogP contribution in [0.5, 0.6) is 0 Å². The lowest BCUT2D eigenvalue weighted by Crippen LogP contribution is -2.21. The van der Waals surface area contributed by atoms with E-state index in [2.05, 4.69) is 10.2 Å². The zero-order chi connectivity index (χ0) is 21.0. The van der Waals surface area contributed by atoms with E-state index in [1.807, 2.05) is 0 Å². The number of ether oxygens (including phenoxy) is 1. The highest BCUT2D eigenvalue weighted by Crippen LogP contribution is 2.33. The lowest BCUT2D eigenvalue weighted by atomic mass is 10.1. The minimum Gasteiger partial charge on any atom is -0.480 e. The molecule has 1 aromatic heterocycles. The summed E-state index contributed by atoms with van der Waals surface area (Å²) >= 11 is 0. The Morgan fingerprint density at radius 1 is 1.17 bits per heavy atom. The molecular formula is C19H16F4N4O2. The zero-order valence-electron chi connectivity index (χ0n) is 15.2. The van der Waals surface area contributed by atoms with E-state index in [0.717, 1.165) is 43.5 Å². The van der Waals surface area contributed by atoms with Crippen LogP contribution >= 0.6 is 0 Å². The summed E-state index contributed by atoms with van der Waals surface area (Å²) in [6.45, 7) is -0.574. The van der Waals surface area contributed by atoms with E-state index in [1.165, 1.54) is 10.6 Å². The zero-order valence-corrected chi connectivity index (χ0v) is 15.2. The number of aromatic nitrogens is 3. The number of halogens is 4. The van der Waals surface area contributed by atoms with Crippen molar-refractivity contribution < 1.29 is 27.1 Å². The molecule has 0 unspecified atom stereocenters. The number of aryl methyl sites for hydroxylation is 1. The molecule has 2 heterocycles. The molecule has 29 heavy (non-hydrogen) atoms. The number of Topliss-reactive ketones (excluding diaryl/α,β-unsaturated/α-hetero) is 1. The molecule has 0 N–H and O–H groups in total. The van der Waals surface area contributed by atoms with Gasteiger partial charge in [0, 0.05) is 18.5 Å². The topological polar surface area (TPSA) is 80.8 Å². The second-order valence-corrected chi connectivity index (χ2v) is 6.43. The highest BCUT2D eigenvalue weighted by atomic mass is 19.4. The smallest absolute Gasteiger partial charge is 0.450 e. The number of ketones is 1. The summed E-state index contributed by atoms with van der Waals surface area (Å²) in [5.74, 6) is -2.70. The van der Waals surface area contributed by atoms with Gasteiger partial charge in [0.2, 0.25) is 5.76 Å². The van der Waals surface area contributed by atoms with Crippen molar-refractivity contribution in [3.8, 4) is 6.07 Å². The molecule has 1 aliphatic rings. The monoisotopic (exact) mass is 408 g/mol. The first-order chi connectivity index (χ1) is 13.8. The lowest BCUT2D eigenvalue weighted by molar-refractivity contribution is -0.127. The van der Waals surface area contributed by atoms with Crippen LogP contribution in [0.25, 0.3) is 5.57 Å². The van der Waals surface area contributed by atoms with Crippen LogP contribution in [0.1, 0.15) is 41.3 Å². The number of hydrogen-bond donors (Lipinski definition) is 0. The molecule has 0 radical (unpaired) electrons. The van der Waals surface area contributed by atoms with Crippen LogP contribution in [-0.4, -0.2) is 33.3 Å². The predicted octanol–water partition coefficient (Wildman–Crippen LogP) is 3.84. The molecule has 0 fully saturated rings. The fourth-order valence-corrected chi connectivity index (χ4v) is 3.02. The molecule has 0 saturated heterocycles. The maximum absolute atomic E-state index is 13.6. The van der Waals surface area contributed by atoms with E-state index in [9.17, 15) is 27.6 Å². The lowest BCUT2D eigenvalue weighted by Gasteiger charge is -2.15. The largest absolute Gasteiger partial charge is 0.480 e. The standard InChI is InChI=1S/C19H16F4N4O2/c20-13-7-5-12(6-8-13)15(28)11-29-17(19(21,22)23)14(10-24)18-26-25-16-4-2-1-3-9-27(16)18/h5-8H,1-4,9,11H2/b17-14+.